The molecule has 0 radical (unpaired) electrons. The van der Waals surface area contributed by atoms with Crippen molar-refractivity contribution in [2.45, 2.75) is 86.0 Å². The summed E-state index contributed by atoms with van der Waals surface area (Å²) < 4.78 is 0. The molecule has 5 saturated carbocycles. The van der Waals surface area contributed by atoms with E-state index in [0.717, 1.165) is 89.4 Å². The Balaban J connectivity index is 1.30. The SMILES string of the molecule is CCCCC1CC(C)C2C3CC(C1)C(C3)C1C(C(C)C(C)C(C)C3CC3CN)C21. The van der Waals surface area contributed by atoms with Crippen molar-refractivity contribution in [2.75, 3.05) is 6.54 Å². The minimum atomic E-state index is 0.847. The maximum absolute atomic E-state index is 5.98. The standard InChI is InChI=1S/C28H49N/c1-6-7-8-19-9-15(2)25-21-11-20(10-19)24(12-21)27-26(28(25)27)18(5)16(3)17(4)23-13-22(23)14-29/h15-28H,6-14,29H2,1-5H3. The number of fused-ring (bicyclic) bond motifs is 6. The summed E-state index contributed by atoms with van der Waals surface area (Å²) in [5.74, 6) is 14.2. The zero-order valence-corrected chi connectivity index (χ0v) is 20.0. The van der Waals surface area contributed by atoms with E-state index < -0.39 is 0 Å². The molecule has 5 fully saturated rings. The first kappa shape index (κ1) is 20.8. The molecule has 0 amide bonds. The summed E-state index contributed by atoms with van der Waals surface area (Å²) in [5, 5.41) is 0. The lowest BCUT2D eigenvalue weighted by Gasteiger charge is -2.36. The van der Waals surface area contributed by atoms with E-state index in [0.29, 0.717) is 0 Å². The maximum Gasteiger partial charge on any atom is -0.00460 e. The van der Waals surface area contributed by atoms with Crippen LogP contribution >= 0.6 is 0 Å². The highest BCUT2D eigenvalue weighted by Crippen LogP contribution is 2.74. The molecule has 5 aliphatic rings. The van der Waals surface area contributed by atoms with Gasteiger partial charge in [0.25, 0.3) is 0 Å². The van der Waals surface area contributed by atoms with E-state index in [1.54, 1.807) is 25.7 Å². The first-order valence-corrected chi connectivity index (χ1v) is 13.7. The molecular weight excluding hydrogens is 350 g/mol. The third kappa shape index (κ3) is 3.44. The Labute approximate surface area is 181 Å². The van der Waals surface area contributed by atoms with E-state index in [9.17, 15) is 0 Å². The Morgan fingerprint density at radius 1 is 0.862 bits per heavy atom. The average Bonchev–Trinajstić information content (AvgIpc) is 3.60. The Morgan fingerprint density at radius 2 is 1.66 bits per heavy atom. The minimum Gasteiger partial charge on any atom is -0.330 e. The predicted octanol–water partition coefficient (Wildman–Crippen LogP) is 6.86. The summed E-state index contributed by atoms with van der Waals surface area (Å²) in [7, 11) is 0. The van der Waals surface area contributed by atoms with Gasteiger partial charge in [-0.05, 0) is 121 Å². The molecule has 14 atom stereocenters. The van der Waals surface area contributed by atoms with Crippen LogP contribution in [0.1, 0.15) is 86.0 Å². The van der Waals surface area contributed by atoms with Crippen molar-refractivity contribution in [3.05, 3.63) is 0 Å². The summed E-state index contributed by atoms with van der Waals surface area (Å²) in [6.07, 6.45) is 12.2. The molecule has 0 heterocycles. The lowest BCUT2D eigenvalue weighted by atomic mass is 9.69. The molecule has 1 heteroatoms. The van der Waals surface area contributed by atoms with Crippen molar-refractivity contribution >= 4 is 0 Å². The van der Waals surface area contributed by atoms with E-state index in [1.165, 1.54) is 25.7 Å². The van der Waals surface area contributed by atoms with E-state index in [4.69, 9.17) is 5.73 Å². The first-order chi connectivity index (χ1) is 14.0. The van der Waals surface area contributed by atoms with Crippen LogP contribution in [0.5, 0.6) is 0 Å². The van der Waals surface area contributed by atoms with Gasteiger partial charge in [-0.2, -0.15) is 0 Å². The molecule has 29 heavy (non-hydrogen) atoms. The Hall–Kier alpha value is -0.0400. The predicted molar refractivity (Wildman–Crippen MR) is 123 cm³/mol. The van der Waals surface area contributed by atoms with E-state index in [1.807, 2.05) is 0 Å². The van der Waals surface area contributed by atoms with E-state index >= 15 is 0 Å². The van der Waals surface area contributed by atoms with Crippen molar-refractivity contribution in [2.24, 2.45) is 88.6 Å². The molecule has 3 bridgehead atoms. The zero-order chi connectivity index (χ0) is 20.4. The van der Waals surface area contributed by atoms with Crippen molar-refractivity contribution in [3.63, 3.8) is 0 Å². The lowest BCUT2D eigenvalue weighted by molar-refractivity contribution is 0.127. The highest BCUT2D eigenvalue weighted by Gasteiger charge is 2.68. The Morgan fingerprint density at radius 3 is 2.34 bits per heavy atom. The largest absolute Gasteiger partial charge is 0.330 e. The van der Waals surface area contributed by atoms with Crippen LogP contribution in [-0.2, 0) is 0 Å². The van der Waals surface area contributed by atoms with Gasteiger partial charge in [0.15, 0.2) is 0 Å². The average molecular weight is 400 g/mol. The fraction of sp³-hybridized carbons (Fsp3) is 1.00. The van der Waals surface area contributed by atoms with Crippen LogP contribution in [0.25, 0.3) is 0 Å². The molecule has 166 valence electrons. The van der Waals surface area contributed by atoms with Gasteiger partial charge in [0.1, 0.15) is 0 Å². The molecule has 0 aromatic heterocycles. The van der Waals surface area contributed by atoms with Gasteiger partial charge in [0.05, 0.1) is 0 Å². The number of unbranched alkanes of at least 4 members (excludes halogenated alkanes) is 1. The van der Waals surface area contributed by atoms with Crippen molar-refractivity contribution in [3.8, 4) is 0 Å². The lowest BCUT2D eigenvalue weighted by Crippen LogP contribution is -2.29. The van der Waals surface area contributed by atoms with Crippen LogP contribution < -0.4 is 5.73 Å². The maximum atomic E-state index is 5.98. The molecule has 14 unspecified atom stereocenters. The van der Waals surface area contributed by atoms with Crippen LogP contribution in [0.15, 0.2) is 0 Å². The minimum absolute atomic E-state index is 0.847. The Bertz CT molecular complexity index is 585. The molecule has 0 aromatic rings. The van der Waals surface area contributed by atoms with Gasteiger partial charge in [0, 0.05) is 0 Å². The topological polar surface area (TPSA) is 26.0 Å². The van der Waals surface area contributed by atoms with Gasteiger partial charge >= 0.3 is 0 Å². The Kier molecular flexibility index (Phi) is 5.62. The summed E-state index contributed by atoms with van der Waals surface area (Å²) in [4.78, 5) is 0. The van der Waals surface area contributed by atoms with Gasteiger partial charge in [-0.3, -0.25) is 0 Å². The van der Waals surface area contributed by atoms with Crippen LogP contribution in [-0.4, -0.2) is 6.54 Å². The van der Waals surface area contributed by atoms with E-state index in [2.05, 4.69) is 34.6 Å². The fourth-order valence-corrected chi connectivity index (χ4v) is 9.93. The molecule has 0 saturated heterocycles. The summed E-state index contributed by atoms with van der Waals surface area (Å²) in [6, 6.07) is 0. The van der Waals surface area contributed by atoms with Crippen LogP contribution in [0.3, 0.4) is 0 Å². The molecule has 0 aromatic carbocycles. The smallest absolute Gasteiger partial charge is 0.00460 e. The summed E-state index contributed by atoms with van der Waals surface area (Å²) >= 11 is 0. The van der Waals surface area contributed by atoms with Gasteiger partial charge in [-0.15, -0.1) is 0 Å². The van der Waals surface area contributed by atoms with E-state index in [-0.39, 0.29) is 0 Å². The fourth-order valence-electron chi connectivity index (χ4n) is 9.93. The molecular formula is C28H49N. The second kappa shape index (κ2) is 7.83. The van der Waals surface area contributed by atoms with Crippen molar-refractivity contribution in [1.29, 1.82) is 0 Å². The third-order valence-corrected chi connectivity index (χ3v) is 11.6. The quantitative estimate of drug-likeness (QED) is 0.474. The normalized spacial score (nSPS) is 53.0. The second-order valence-corrected chi connectivity index (χ2v) is 12.9. The van der Waals surface area contributed by atoms with Gasteiger partial charge in [-0.1, -0.05) is 53.9 Å². The number of hydrogen-bond donors (Lipinski definition) is 1. The molecule has 5 rings (SSSR count). The summed E-state index contributed by atoms with van der Waals surface area (Å²) in [6.45, 7) is 13.8. The molecule has 1 nitrogen and oxygen atoms in total. The zero-order valence-electron chi connectivity index (χ0n) is 20.0. The number of hydrogen-bond acceptors (Lipinski definition) is 1. The number of nitrogens with two attached hydrogens (primary N) is 1. The van der Waals surface area contributed by atoms with Crippen molar-refractivity contribution in [1.82, 2.24) is 0 Å². The molecule has 0 spiro atoms. The van der Waals surface area contributed by atoms with Crippen molar-refractivity contribution < 1.29 is 0 Å². The highest BCUT2D eigenvalue weighted by atomic mass is 14.7. The molecule has 2 N–H and O–H groups in total. The monoisotopic (exact) mass is 399 g/mol. The molecule has 0 aliphatic heterocycles. The van der Waals surface area contributed by atoms with Gasteiger partial charge in [0.2, 0.25) is 0 Å². The van der Waals surface area contributed by atoms with Crippen LogP contribution in [0.4, 0.5) is 0 Å². The van der Waals surface area contributed by atoms with Gasteiger partial charge < -0.3 is 5.73 Å². The number of rotatable bonds is 8. The van der Waals surface area contributed by atoms with Crippen LogP contribution in [0, 0.1) is 82.9 Å². The third-order valence-electron chi connectivity index (χ3n) is 11.6. The van der Waals surface area contributed by atoms with Gasteiger partial charge in [-0.25, -0.2) is 0 Å². The first-order valence-electron chi connectivity index (χ1n) is 13.7. The summed E-state index contributed by atoms with van der Waals surface area (Å²) in [5.41, 5.74) is 5.98. The van der Waals surface area contributed by atoms with Crippen LogP contribution in [0.2, 0.25) is 0 Å². The molecule has 5 aliphatic carbocycles. The second-order valence-electron chi connectivity index (χ2n) is 12.9. The highest BCUT2D eigenvalue weighted by molar-refractivity contribution is 5.16.